The van der Waals surface area contributed by atoms with Crippen molar-refractivity contribution >= 4 is 17.3 Å². The Morgan fingerprint density at radius 3 is 2.30 bits per heavy atom. The van der Waals surface area contributed by atoms with Crippen LogP contribution in [0.15, 0.2) is 24.5 Å². The number of aromatic nitrogens is 2. The number of piperazine rings is 1. The van der Waals surface area contributed by atoms with E-state index in [0.29, 0.717) is 24.7 Å². The van der Waals surface area contributed by atoms with Crippen LogP contribution in [0.3, 0.4) is 0 Å². The number of hydrogen-bond acceptors (Lipinski definition) is 9. The quantitative estimate of drug-likeness (QED) is 0.540. The van der Waals surface area contributed by atoms with Crippen LogP contribution < -0.4 is 19.3 Å². The number of nitro groups is 1. The highest BCUT2D eigenvalue weighted by Crippen LogP contribution is 2.36. The van der Waals surface area contributed by atoms with Crippen molar-refractivity contribution in [3.8, 4) is 11.5 Å². The normalized spacial score (nSPS) is 18.8. The summed E-state index contributed by atoms with van der Waals surface area (Å²) in [6.45, 7) is 5.65. The number of benzene rings is 1. The first-order chi connectivity index (χ1) is 14.7. The Hall–Kier alpha value is -3.14. The van der Waals surface area contributed by atoms with E-state index in [2.05, 4.69) is 20.9 Å². The van der Waals surface area contributed by atoms with Crippen molar-refractivity contribution in [2.45, 2.75) is 19.4 Å². The molecule has 2 aromatic rings. The molecular weight excluding hydrogens is 388 g/mol. The lowest BCUT2D eigenvalue weighted by Gasteiger charge is -2.35. The fraction of sp³-hybridized carbons (Fsp3) is 0.500. The Morgan fingerprint density at radius 2 is 1.60 bits per heavy atom. The number of nitrogens with zero attached hydrogens (tertiary/aromatic N) is 6. The SMILES string of the molecule is O=[N+]([O-])c1c(N2CCCC2)ncnc1N1CCN(Cc2ccc3c(c2)OCO3)CC1. The molecule has 158 valence electrons. The van der Waals surface area contributed by atoms with Crippen molar-refractivity contribution in [1.82, 2.24) is 14.9 Å². The molecule has 5 rings (SSSR count). The fourth-order valence-corrected chi connectivity index (χ4v) is 4.33. The maximum atomic E-state index is 11.9. The molecule has 0 bridgehead atoms. The summed E-state index contributed by atoms with van der Waals surface area (Å²) in [5, 5.41) is 11.9. The van der Waals surface area contributed by atoms with Gasteiger partial charge in [-0.2, -0.15) is 0 Å². The molecule has 4 heterocycles. The lowest BCUT2D eigenvalue weighted by molar-refractivity contribution is -0.383. The van der Waals surface area contributed by atoms with E-state index in [0.717, 1.165) is 62.6 Å². The minimum Gasteiger partial charge on any atom is -0.454 e. The van der Waals surface area contributed by atoms with Crippen molar-refractivity contribution in [2.75, 3.05) is 55.9 Å². The number of anilines is 2. The molecular formula is C20H24N6O4. The molecule has 0 radical (unpaired) electrons. The van der Waals surface area contributed by atoms with Crippen molar-refractivity contribution in [3.05, 3.63) is 40.2 Å². The van der Waals surface area contributed by atoms with E-state index in [9.17, 15) is 10.1 Å². The van der Waals surface area contributed by atoms with Gasteiger partial charge in [0.2, 0.25) is 18.4 Å². The van der Waals surface area contributed by atoms with Gasteiger partial charge in [0.25, 0.3) is 0 Å². The first-order valence-electron chi connectivity index (χ1n) is 10.3. The second kappa shape index (κ2) is 7.94. The Balaban J connectivity index is 1.28. The highest BCUT2D eigenvalue weighted by atomic mass is 16.7. The molecule has 0 amide bonds. The summed E-state index contributed by atoms with van der Waals surface area (Å²) in [4.78, 5) is 26.4. The van der Waals surface area contributed by atoms with E-state index >= 15 is 0 Å². The predicted molar refractivity (Wildman–Crippen MR) is 110 cm³/mol. The van der Waals surface area contributed by atoms with Gasteiger partial charge < -0.3 is 19.3 Å². The molecule has 0 atom stereocenters. The topological polar surface area (TPSA) is 97.1 Å². The third-order valence-electron chi connectivity index (χ3n) is 5.89. The second-order valence-electron chi connectivity index (χ2n) is 7.77. The van der Waals surface area contributed by atoms with E-state index in [1.165, 1.54) is 6.33 Å². The summed E-state index contributed by atoms with van der Waals surface area (Å²) in [5.41, 5.74) is 1.20. The molecule has 2 saturated heterocycles. The van der Waals surface area contributed by atoms with Crippen LogP contribution in [-0.2, 0) is 6.54 Å². The van der Waals surface area contributed by atoms with Gasteiger partial charge in [-0.25, -0.2) is 9.97 Å². The van der Waals surface area contributed by atoms with Gasteiger partial charge in [0.05, 0.1) is 4.92 Å². The molecule has 0 saturated carbocycles. The maximum Gasteiger partial charge on any atom is 0.353 e. The van der Waals surface area contributed by atoms with Gasteiger partial charge >= 0.3 is 5.69 Å². The van der Waals surface area contributed by atoms with Crippen LogP contribution in [0.4, 0.5) is 17.3 Å². The van der Waals surface area contributed by atoms with E-state index in [4.69, 9.17) is 9.47 Å². The maximum absolute atomic E-state index is 11.9. The number of fused-ring (bicyclic) bond motifs is 1. The van der Waals surface area contributed by atoms with E-state index in [-0.39, 0.29) is 17.4 Å². The molecule has 0 N–H and O–H groups in total. The molecule has 30 heavy (non-hydrogen) atoms. The number of ether oxygens (including phenoxy) is 2. The second-order valence-corrected chi connectivity index (χ2v) is 7.77. The summed E-state index contributed by atoms with van der Waals surface area (Å²) in [7, 11) is 0. The average molecular weight is 412 g/mol. The zero-order valence-electron chi connectivity index (χ0n) is 16.7. The lowest BCUT2D eigenvalue weighted by atomic mass is 10.1. The predicted octanol–water partition coefficient (Wildman–Crippen LogP) is 2.04. The average Bonchev–Trinajstić information content (AvgIpc) is 3.45. The summed E-state index contributed by atoms with van der Waals surface area (Å²) in [5.74, 6) is 2.45. The number of rotatable bonds is 5. The molecule has 0 aliphatic carbocycles. The molecule has 0 spiro atoms. The largest absolute Gasteiger partial charge is 0.454 e. The molecule has 1 aromatic carbocycles. The van der Waals surface area contributed by atoms with Crippen molar-refractivity contribution in [3.63, 3.8) is 0 Å². The molecule has 2 fully saturated rings. The van der Waals surface area contributed by atoms with Crippen LogP contribution in [0, 0.1) is 10.1 Å². The van der Waals surface area contributed by atoms with Gasteiger partial charge in [0.1, 0.15) is 6.33 Å². The van der Waals surface area contributed by atoms with Crippen molar-refractivity contribution in [2.24, 2.45) is 0 Å². The summed E-state index contributed by atoms with van der Waals surface area (Å²) < 4.78 is 10.8. The van der Waals surface area contributed by atoms with Crippen molar-refractivity contribution < 1.29 is 14.4 Å². The molecule has 10 nitrogen and oxygen atoms in total. The van der Waals surface area contributed by atoms with Gasteiger partial charge in [-0.1, -0.05) is 6.07 Å². The van der Waals surface area contributed by atoms with Gasteiger partial charge in [-0.05, 0) is 30.5 Å². The van der Waals surface area contributed by atoms with Gasteiger partial charge in [0.15, 0.2) is 11.5 Å². The van der Waals surface area contributed by atoms with E-state index < -0.39 is 0 Å². The van der Waals surface area contributed by atoms with Gasteiger partial charge in [-0.3, -0.25) is 15.0 Å². The Bertz CT molecular complexity index is 941. The minimum atomic E-state index is -0.331. The molecule has 0 unspecified atom stereocenters. The molecule has 10 heteroatoms. The standard InChI is InChI=1S/C20H24N6O4/c27-26(28)18-19(24-5-1-2-6-24)21-13-22-20(18)25-9-7-23(8-10-25)12-15-3-4-16-17(11-15)30-14-29-16/h3-4,11,13H,1-2,5-10,12,14H2. The van der Waals surface area contributed by atoms with Crippen molar-refractivity contribution in [1.29, 1.82) is 0 Å². The third-order valence-corrected chi connectivity index (χ3v) is 5.89. The Labute approximate surface area is 174 Å². The van der Waals surface area contributed by atoms with Gasteiger partial charge in [-0.15, -0.1) is 0 Å². The fourth-order valence-electron chi connectivity index (χ4n) is 4.33. The number of hydrogen-bond donors (Lipinski definition) is 0. The summed E-state index contributed by atoms with van der Waals surface area (Å²) >= 11 is 0. The zero-order chi connectivity index (χ0) is 20.5. The van der Waals surface area contributed by atoms with Crippen LogP contribution in [0.1, 0.15) is 18.4 Å². The molecule has 1 aromatic heterocycles. The third kappa shape index (κ3) is 3.58. The zero-order valence-corrected chi connectivity index (χ0v) is 16.7. The first kappa shape index (κ1) is 18.9. The minimum absolute atomic E-state index is 0.0311. The van der Waals surface area contributed by atoms with Crippen LogP contribution in [-0.4, -0.2) is 65.9 Å². The van der Waals surface area contributed by atoms with Crippen LogP contribution in [0.5, 0.6) is 11.5 Å². The highest BCUT2D eigenvalue weighted by Gasteiger charge is 2.32. The van der Waals surface area contributed by atoms with E-state index in [1.807, 2.05) is 21.9 Å². The Morgan fingerprint density at radius 1 is 0.933 bits per heavy atom. The highest BCUT2D eigenvalue weighted by molar-refractivity contribution is 5.71. The Kier molecular flexibility index (Phi) is 4.99. The lowest BCUT2D eigenvalue weighted by Crippen LogP contribution is -2.46. The summed E-state index contributed by atoms with van der Waals surface area (Å²) in [6.07, 6.45) is 3.53. The first-order valence-corrected chi connectivity index (χ1v) is 10.3. The molecule has 3 aliphatic rings. The van der Waals surface area contributed by atoms with E-state index in [1.54, 1.807) is 0 Å². The van der Waals surface area contributed by atoms with Gasteiger partial charge in [0, 0.05) is 45.8 Å². The smallest absolute Gasteiger partial charge is 0.353 e. The van der Waals surface area contributed by atoms with Crippen LogP contribution in [0.25, 0.3) is 0 Å². The monoisotopic (exact) mass is 412 g/mol. The van der Waals surface area contributed by atoms with Crippen LogP contribution in [0.2, 0.25) is 0 Å². The molecule has 3 aliphatic heterocycles. The summed E-state index contributed by atoms with van der Waals surface area (Å²) in [6, 6.07) is 6.02. The van der Waals surface area contributed by atoms with Crippen LogP contribution >= 0.6 is 0 Å².